The summed E-state index contributed by atoms with van der Waals surface area (Å²) in [5.74, 6) is 0.867. The third kappa shape index (κ3) is 1.74. The minimum Gasteiger partial charge on any atom is -0.380 e. The van der Waals surface area contributed by atoms with Gasteiger partial charge < -0.3 is 15.0 Å². The van der Waals surface area contributed by atoms with Crippen LogP contribution in [0.3, 0.4) is 0 Å². The Bertz CT molecular complexity index is 284. The fourth-order valence-corrected chi connectivity index (χ4v) is 4.25. The highest BCUT2D eigenvalue weighted by Gasteiger charge is 2.65. The molecule has 1 unspecified atom stereocenters. The first-order chi connectivity index (χ1) is 8.22. The molecule has 2 saturated heterocycles. The van der Waals surface area contributed by atoms with Crippen LogP contribution in [0.1, 0.15) is 25.7 Å². The van der Waals surface area contributed by atoms with Crippen molar-refractivity contribution in [3.05, 3.63) is 0 Å². The van der Waals surface area contributed by atoms with Gasteiger partial charge in [0.25, 0.3) is 0 Å². The summed E-state index contributed by atoms with van der Waals surface area (Å²) in [6, 6.07) is 0. The molecule has 2 aliphatic heterocycles. The molecule has 17 heavy (non-hydrogen) atoms. The topological polar surface area (TPSA) is 24.5 Å². The molecule has 2 heterocycles. The van der Waals surface area contributed by atoms with Crippen LogP contribution in [0, 0.1) is 16.7 Å². The normalized spacial score (nSPS) is 35.3. The second-order valence-electron chi connectivity index (χ2n) is 6.56. The Morgan fingerprint density at radius 2 is 2.12 bits per heavy atom. The van der Waals surface area contributed by atoms with E-state index in [1.54, 1.807) is 0 Å². The lowest BCUT2D eigenvalue weighted by atomic mass is 9.60. The van der Waals surface area contributed by atoms with Crippen molar-refractivity contribution < 1.29 is 4.74 Å². The highest BCUT2D eigenvalue weighted by molar-refractivity contribution is 5.14. The molecule has 0 aromatic heterocycles. The first kappa shape index (κ1) is 11.9. The van der Waals surface area contributed by atoms with Crippen LogP contribution in [0.25, 0.3) is 0 Å². The number of ether oxygens (including phenoxy) is 1. The number of nitrogens with one attached hydrogen (secondary N) is 1. The standard InChI is InChI=1S/C14H26N2O/c1-15-9-13(5-6-13)14(10-17-11-14)12-4-3-7-16(2)8-12/h12,15H,3-11H2,1-2H3. The quantitative estimate of drug-likeness (QED) is 0.800. The Balaban J connectivity index is 1.77. The zero-order valence-electron chi connectivity index (χ0n) is 11.3. The van der Waals surface area contributed by atoms with Gasteiger partial charge in [0.2, 0.25) is 0 Å². The molecular weight excluding hydrogens is 212 g/mol. The smallest absolute Gasteiger partial charge is 0.0553 e. The summed E-state index contributed by atoms with van der Waals surface area (Å²) in [4.78, 5) is 2.52. The lowest BCUT2D eigenvalue weighted by molar-refractivity contribution is -0.195. The largest absolute Gasteiger partial charge is 0.380 e. The maximum absolute atomic E-state index is 5.65. The summed E-state index contributed by atoms with van der Waals surface area (Å²) in [5.41, 5.74) is 1.08. The third-order valence-corrected chi connectivity index (χ3v) is 5.55. The monoisotopic (exact) mass is 238 g/mol. The van der Waals surface area contributed by atoms with E-state index in [9.17, 15) is 0 Å². The van der Waals surface area contributed by atoms with Crippen molar-refractivity contribution >= 4 is 0 Å². The lowest BCUT2D eigenvalue weighted by Crippen LogP contribution is -2.60. The second-order valence-corrected chi connectivity index (χ2v) is 6.56. The zero-order valence-corrected chi connectivity index (χ0v) is 11.3. The summed E-state index contributed by atoms with van der Waals surface area (Å²) in [7, 11) is 4.37. The van der Waals surface area contributed by atoms with Gasteiger partial charge in [-0.3, -0.25) is 0 Å². The maximum atomic E-state index is 5.65. The van der Waals surface area contributed by atoms with Gasteiger partial charge in [-0.25, -0.2) is 0 Å². The van der Waals surface area contributed by atoms with Crippen molar-refractivity contribution in [2.75, 3.05) is 46.9 Å². The van der Waals surface area contributed by atoms with Crippen molar-refractivity contribution in [2.45, 2.75) is 25.7 Å². The van der Waals surface area contributed by atoms with Gasteiger partial charge in [0.15, 0.2) is 0 Å². The highest BCUT2D eigenvalue weighted by Crippen LogP contribution is 2.65. The molecule has 0 spiro atoms. The van der Waals surface area contributed by atoms with Crippen molar-refractivity contribution in [1.82, 2.24) is 10.2 Å². The van der Waals surface area contributed by atoms with Gasteiger partial charge in [-0.05, 0) is 57.7 Å². The molecule has 0 radical (unpaired) electrons. The minimum atomic E-state index is 0.505. The number of hydrogen-bond acceptors (Lipinski definition) is 3. The first-order valence-corrected chi connectivity index (χ1v) is 7.13. The van der Waals surface area contributed by atoms with Crippen LogP contribution >= 0.6 is 0 Å². The zero-order chi connectivity index (χ0) is 11.9. The molecule has 0 aromatic rings. The van der Waals surface area contributed by atoms with Crippen LogP contribution in [-0.2, 0) is 4.74 Å². The Morgan fingerprint density at radius 3 is 2.59 bits per heavy atom. The van der Waals surface area contributed by atoms with Gasteiger partial charge in [-0.1, -0.05) is 0 Å². The first-order valence-electron chi connectivity index (χ1n) is 7.13. The number of piperidine rings is 1. The molecule has 1 atom stereocenters. The Hall–Kier alpha value is -0.120. The van der Waals surface area contributed by atoms with Gasteiger partial charge in [0.1, 0.15) is 0 Å². The van der Waals surface area contributed by atoms with Gasteiger partial charge in [-0.15, -0.1) is 0 Å². The third-order valence-electron chi connectivity index (χ3n) is 5.55. The molecule has 0 bridgehead atoms. The SMILES string of the molecule is CNCC1(C2(C3CCCN(C)C3)COC2)CC1. The van der Waals surface area contributed by atoms with Crippen LogP contribution in [-0.4, -0.2) is 51.8 Å². The molecule has 3 aliphatic rings. The molecule has 0 aromatic carbocycles. The van der Waals surface area contributed by atoms with Gasteiger partial charge in [0.05, 0.1) is 13.2 Å². The summed E-state index contributed by atoms with van der Waals surface area (Å²) >= 11 is 0. The van der Waals surface area contributed by atoms with E-state index in [1.165, 1.54) is 45.3 Å². The molecule has 1 saturated carbocycles. The van der Waals surface area contributed by atoms with Crippen LogP contribution in [0.15, 0.2) is 0 Å². The average Bonchev–Trinajstić information content (AvgIpc) is 2.98. The predicted octanol–water partition coefficient (Wildman–Crippen LogP) is 1.34. The van der Waals surface area contributed by atoms with Crippen molar-refractivity contribution in [2.24, 2.45) is 16.7 Å². The average molecular weight is 238 g/mol. The van der Waals surface area contributed by atoms with Crippen molar-refractivity contribution in [3.63, 3.8) is 0 Å². The summed E-state index contributed by atoms with van der Waals surface area (Å²) in [5, 5.41) is 3.43. The van der Waals surface area contributed by atoms with E-state index in [-0.39, 0.29) is 0 Å². The molecule has 0 amide bonds. The van der Waals surface area contributed by atoms with E-state index in [4.69, 9.17) is 4.74 Å². The Labute approximate surface area is 105 Å². The molecule has 3 rings (SSSR count). The molecule has 98 valence electrons. The molecule has 1 aliphatic carbocycles. The van der Waals surface area contributed by atoms with E-state index < -0.39 is 0 Å². The maximum Gasteiger partial charge on any atom is 0.0553 e. The van der Waals surface area contributed by atoms with Crippen molar-refractivity contribution in [1.29, 1.82) is 0 Å². The second kappa shape index (κ2) is 4.22. The van der Waals surface area contributed by atoms with E-state index in [1.807, 2.05) is 0 Å². The summed E-state index contributed by atoms with van der Waals surface area (Å²) in [6.07, 6.45) is 5.62. The summed E-state index contributed by atoms with van der Waals surface area (Å²) < 4.78 is 5.65. The molecule has 3 heteroatoms. The number of hydrogen-bond donors (Lipinski definition) is 1. The van der Waals surface area contributed by atoms with Gasteiger partial charge >= 0.3 is 0 Å². The van der Waals surface area contributed by atoms with Crippen LogP contribution < -0.4 is 5.32 Å². The lowest BCUT2D eigenvalue weighted by Gasteiger charge is -2.55. The van der Waals surface area contributed by atoms with E-state index in [0.29, 0.717) is 10.8 Å². The van der Waals surface area contributed by atoms with E-state index in [0.717, 1.165) is 19.1 Å². The van der Waals surface area contributed by atoms with Crippen LogP contribution in [0.4, 0.5) is 0 Å². The van der Waals surface area contributed by atoms with Crippen LogP contribution in [0.2, 0.25) is 0 Å². The van der Waals surface area contributed by atoms with E-state index >= 15 is 0 Å². The van der Waals surface area contributed by atoms with Crippen LogP contribution in [0.5, 0.6) is 0 Å². The molecule has 3 nitrogen and oxygen atoms in total. The van der Waals surface area contributed by atoms with Gasteiger partial charge in [-0.2, -0.15) is 0 Å². The van der Waals surface area contributed by atoms with Crippen molar-refractivity contribution in [3.8, 4) is 0 Å². The fraction of sp³-hybridized carbons (Fsp3) is 1.00. The highest BCUT2D eigenvalue weighted by atomic mass is 16.5. The molecular formula is C14H26N2O. The fourth-order valence-electron chi connectivity index (χ4n) is 4.25. The Kier molecular flexibility index (Phi) is 2.96. The predicted molar refractivity (Wildman–Crippen MR) is 69.1 cm³/mol. The Morgan fingerprint density at radius 1 is 1.35 bits per heavy atom. The number of rotatable bonds is 4. The number of likely N-dealkylation sites (tertiary alicyclic amines) is 1. The van der Waals surface area contributed by atoms with Gasteiger partial charge in [0, 0.05) is 18.5 Å². The summed E-state index contributed by atoms with van der Waals surface area (Å²) in [6.45, 7) is 5.80. The van der Waals surface area contributed by atoms with E-state index in [2.05, 4.69) is 24.3 Å². The minimum absolute atomic E-state index is 0.505. The molecule has 1 N–H and O–H groups in total. The molecule has 3 fully saturated rings. The number of nitrogens with zero attached hydrogens (tertiary/aromatic N) is 1.